The molecule has 2 amide bonds. The van der Waals surface area contributed by atoms with Crippen LogP contribution in [0.25, 0.3) is 0 Å². The molecule has 0 aromatic heterocycles. The van der Waals surface area contributed by atoms with E-state index in [1.807, 2.05) is 36.4 Å². The third kappa shape index (κ3) is 3.28. The van der Waals surface area contributed by atoms with Gasteiger partial charge in [0.25, 0.3) is 0 Å². The number of carbonyl (C=O) groups is 2. The van der Waals surface area contributed by atoms with Crippen LogP contribution in [0, 0.1) is 23.2 Å². The Morgan fingerprint density at radius 2 is 1.88 bits per heavy atom. The first kappa shape index (κ1) is 15.8. The van der Waals surface area contributed by atoms with Crippen molar-refractivity contribution in [2.24, 2.45) is 11.8 Å². The summed E-state index contributed by atoms with van der Waals surface area (Å²) in [4.78, 5) is 26.4. The number of benzene rings is 2. The maximum atomic E-state index is 12.5. The molecule has 1 aliphatic carbocycles. The van der Waals surface area contributed by atoms with Crippen LogP contribution in [-0.4, -0.2) is 18.9 Å². The first-order chi connectivity index (χ1) is 11.6. The zero-order valence-corrected chi connectivity index (χ0v) is 13.3. The van der Waals surface area contributed by atoms with Crippen LogP contribution in [0.4, 0.5) is 11.4 Å². The Kier molecular flexibility index (Phi) is 4.30. The average Bonchev–Trinajstić information content (AvgIpc) is 3.42. The molecule has 5 heteroatoms. The van der Waals surface area contributed by atoms with Crippen molar-refractivity contribution in [3.63, 3.8) is 0 Å². The van der Waals surface area contributed by atoms with Crippen LogP contribution < -0.4 is 10.2 Å². The lowest BCUT2D eigenvalue weighted by molar-refractivity contribution is -0.123. The Hall–Kier alpha value is -3.13. The number of para-hydroxylation sites is 1. The van der Waals surface area contributed by atoms with Crippen LogP contribution in [0.15, 0.2) is 54.6 Å². The summed E-state index contributed by atoms with van der Waals surface area (Å²) in [6.45, 7) is 0. The summed E-state index contributed by atoms with van der Waals surface area (Å²) in [7, 11) is 1.72. The molecule has 24 heavy (non-hydrogen) atoms. The van der Waals surface area contributed by atoms with Gasteiger partial charge in [0, 0.05) is 18.4 Å². The van der Waals surface area contributed by atoms with Gasteiger partial charge in [-0.1, -0.05) is 24.3 Å². The van der Waals surface area contributed by atoms with Gasteiger partial charge in [0.05, 0.1) is 23.5 Å². The number of anilines is 2. The average molecular weight is 319 g/mol. The Bertz CT molecular complexity index is 811. The molecule has 3 rings (SSSR count). The summed E-state index contributed by atoms with van der Waals surface area (Å²) in [6.07, 6.45) is 0.555. The van der Waals surface area contributed by atoms with E-state index in [1.54, 1.807) is 36.2 Å². The van der Waals surface area contributed by atoms with Gasteiger partial charge in [0.2, 0.25) is 11.8 Å². The van der Waals surface area contributed by atoms with E-state index in [-0.39, 0.29) is 23.7 Å². The number of amides is 2. The van der Waals surface area contributed by atoms with Crippen LogP contribution in [0.2, 0.25) is 0 Å². The number of rotatable bonds is 4. The van der Waals surface area contributed by atoms with Crippen molar-refractivity contribution >= 4 is 23.2 Å². The fourth-order valence-corrected chi connectivity index (χ4v) is 2.69. The Balaban J connectivity index is 1.61. The Morgan fingerprint density at radius 1 is 1.12 bits per heavy atom. The van der Waals surface area contributed by atoms with E-state index in [2.05, 4.69) is 5.32 Å². The predicted octanol–water partition coefficient (Wildman–Crippen LogP) is 2.80. The largest absolute Gasteiger partial charge is 0.326 e. The second-order valence-corrected chi connectivity index (χ2v) is 5.86. The second kappa shape index (κ2) is 6.55. The molecule has 5 nitrogen and oxygen atoms in total. The minimum absolute atomic E-state index is 0.0490. The smallest absolute Gasteiger partial charge is 0.230 e. The molecule has 2 unspecified atom stereocenters. The first-order valence-corrected chi connectivity index (χ1v) is 7.74. The van der Waals surface area contributed by atoms with Crippen molar-refractivity contribution < 1.29 is 9.59 Å². The molecule has 2 atom stereocenters. The molecule has 0 spiro atoms. The fourth-order valence-electron chi connectivity index (χ4n) is 2.69. The minimum Gasteiger partial charge on any atom is -0.326 e. The van der Waals surface area contributed by atoms with Crippen molar-refractivity contribution in [2.75, 3.05) is 17.3 Å². The van der Waals surface area contributed by atoms with E-state index in [4.69, 9.17) is 5.26 Å². The van der Waals surface area contributed by atoms with Gasteiger partial charge in [0.1, 0.15) is 0 Å². The summed E-state index contributed by atoms with van der Waals surface area (Å²) in [5.41, 5.74) is 1.88. The molecule has 120 valence electrons. The van der Waals surface area contributed by atoms with E-state index in [0.717, 1.165) is 5.69 Å². The van der Waals surface area contributed by atoms with E-state index >= 15 is 0 Å². The number of hydrogen-bond acceptors (Lipinski definition) is 3. The van der Waals surface area contributed by atoms with Gasteiger partial charge in [-0.25, -0.2) is 0 Å². The van der Waals surface area contributed by atoms with Crippen LogP contribution in [-0.2, 0) is 9.59 Å². The summed E-state index contributed by atoms with van der Waals surface area (Å²) in [6, 6.07) is 18.1. The van der Waals surface area contributed by atoms with Gasteiger partial charge < -0.3 is 10.2 Å². The maximum absolute atomic E-state index is 12.5. The quantitative estimate of drug-likeness (QED) is 0.941. The molecule has 2 aromatic carbocycles. The Morgan fingerprint density at radius 3 is 2.58 bits per heavy atom. The third-order valence-corrected chi connectivity index (χ3v) is 4.18. The van der Waals surface area contributed by atoms with Crippen molar-refractivity contribution in [2.45, 2.75) is 6.42 Å². The third-order valence-electron chi connectivity index (χ3n) is 4.18. The molecule has 1 N–H and O–H groups in total. The van der Waals surface area contributed by atoms with Crippen molar-refractivity contribution in [1.29, 1.82) is 5.26 Å². The van der Waals surface area contributed by atoms with E-state index in [0.29, 0.717) is 17.7 Å². The van der Waals surface area contributed by atoms with Gasteiger partial charge in [0.15, 0.2) is 0 Å². The second-order valence-electron chi connectivity index (χ2n) is 5.86. The van der Waals surface area contributed by atoms with Gasteiger partial charge >= 0.3 is 0 Å². The SMILES string of the molecule is CN(C(=O)C1CC1C(=O)Nc1cccc(C#N)c1)c1ccccc1. The number of carbonyl (C=O) groups excluding carboxylic acids is 2. The zero-order valence-electron chi connectivity index (χ0n) is 13.3. The molecule has 1 fully saturated rings. The predicted molar refractivity (Wildman–Crippen MR) is 91.2 cm³/mol. The highest BCUT2D eigenvalue weighted by Crippen LogP contribution is 2.41. The number of hydrogen-bond donors (Lipinski definition) is 1. The molecule has 1 saturated carbocycles. The minimum atomic E-state index is -0.311. The lowest BCUT2D eigenvalue weighted by Gasteiger charge is -2.17. The van der Waals surface area contributed by atoms with E-state index in [1.165, 1.54) is 0 Å². The van der Waals surface area contributed by atoms with Crippen LogP contribution in [0.1, 0.15) is 12.0 Å². The van der Waals surface area contributed by atoms with Crippen molar-refractivity contribution in [3.05, 3.63) is 60.2 Å². The number of nitrogens with zero attached hydrogens (tertiary/aromatic N) is 2. The molecule has 1 aliphatic rings. The van der Waals surface area contributed by atoms with Gasteiger partial charge in [-0.2, -0.15) is 5.26 Å². The normalized spacial score (nSPS) is 18.3. The summed E-state index contributed by atoms with van der Waals surface area (Å²) >= 11 is 0. The fraction of sp³-hybridized carbons (Fsp3) is 0.211. The van der Waals surface area contributed by atoms with Crippen LogP contribution >= 0.6 is 0 Å². The summed E-state index contributed by atoms with van der Waals surface area (Å²) < 4.78 is 0. The topological polar surface area (TPSA) is 73.2 Å². The van der Waals surface area contributed by atoms with E-state index in [9.17, 15) is 9.59 Å². The van der Waals surface area contributed by atoms with Crippen molar-refractivity contribution in [1.82, 2.24) is 0 Å². The van der Waals surface area contributed by atoms with Crippen LogP contribution in [0.3, 0.4) is 0 Å². The first-order valence-electron chi connectivity index (χ1n) is 7.74. The number of nitrogens with one attached hydrogen (secondary N) is 1. The molecule has 0 aliphatic heterocycles. The van der Waals surface area contributed by atoms with Gasteiger partial charge in [-0.3, -0.25) is 9.59 Å². The van der Waals surface area contributed by atoms with Crippen molar-refractivity contribution in [3.8, 4) is 6.07 Å². The summed E-state index contributed by atoms with van der Waals surface area (Å²) in [5.74, 6) is -0.819. The Labute approximate surface area is 140 Å². The molecule has 0 saturated heterocycles. The maximum Gasteiger partial charge on any atom is 0.230 e. The standard InChI is InChI=1S/C19H17N3O2/c1-22(15-8-3-2-4-9-15)19(24)17-11-16(17)18(23)21-14-7-5-6-13(10-14)12-20/h2-10,16-17H,11H2,1H3,(H,21,23). The number of nitriles is 1. The van der Waals surface area contributed by atoms with Gasteiger partial charge in [-0.15, -0.1) is 0 Å². The molecular formula is C19H17N3O2. The molecule has 0 heterocycles. The zero-order chi connectivity index (χ0) is 17.1. The molecule has 0 bridgehead atoms. The monoisotopic (exact) mass is 319 g/mol. The lowest BCUT2D eigenvalue weighted by atomic mass is 10.2. The lowest BCUT2D eigenvalue weighted by Crippen LogP contribution is -2.29. The molecule has 0 radical (unpaired) electrons. The highest BCUT2D eigenvalue weighted by atomic mass is 16.2. The summed E-state index contributed by atoms with van der Waals surface area (Å²) in [5, 5.41) is 11.7. The highest BCUT2D eigenvalue weighted by molar-refractivity contribution is 6.04. The van der Waals surface area contributed by atoms with Crippen LogP contribution in [0.5, 0.6) is 0 Å². The molecule has 2 aromatic rings. The van der Waals surface area contributed by atoms with E-state index < -0.39 is 0 Å². The molecular weight excluding hydrogens is 302 g/mol. The van der Waals surface area contributed by atoms with Gasteiger partial charge in [-0.05, 0) is 36.8 Å². The highest BCUT2D eigenvalue weighted by Gasteiger charge is 2.49.